The van der Waals surface area contributed by atoms with Crippen LogP contribution >= 0.6 is 0 Å². The molecular weight excluding hydrogens is 260 g/mol. The summed E-state index contributed by atoms with van der Waals surface area (Å²) < 4.78 is 0. The normalized spacial score (nSPS) is 11.6. The van der Waals surface area contributed by atoms with Crippen LogP contribution in [0.15, 0.2) is 30.3 Å². The van der Waals surface area contributed by atoms with Crippen molar-refractivity contribution in [2.75, 3.05) is 32.5 Å². The van der Waals surface area contributed by atoms with Gasteiger partial charge < -0.3 is 10.2 Å². The molecule has 0 aliphatic rings. The van der Waals surface area contributed by atoms with Crippen molar-refractivity contribution in [3.63, 3.8) is 0 Å². The van der Waals surface area contributed by atoms with Crippen LogP contribution in [0.1, 0.15) is 19.4 Å². The largest absolute Gasteiger partial charge is 0.369 e. The van der Waals surface area contributed by atoms with Gasteiger partial charge in [-0.05, 0) is 31.6 Å². The molecule has 1 aromatic heterocycles. The van der Waals surface area contributed by atoms with Crippen molar-refractivity contribution < 1.29 is 0 Å². The second-order valence-electron chi connectivity index (χ2n) is 6.44. The van der Waals surface area contributed by atoms with Gasteiger partial charge in [-0.1, -0.05) is 32.0 Å². The highest BCUT2D eigenvalue weighted by Crippen LogP contribution is 2.22. The molecule has 0 fully saturated rings. The third kappa shape index (κ3) is 3.93. The van der Waals surface area contributed by atoms with Gasteiger partial charge in [-0.3, -0.25) is 0 Å². The molecule has 21 heavy (non-hydrogen) atoms. The zero-order valence-corrected chi connectivity index (χ0v) is 13.1. The first kappa shape index (κ1) is 15.3. The van der Waals surface area contributed by atoms with E-state index in [0.29, 0.717) is 5.56 Å². The van der Waals surface area contributed by atoms with Crippen LogP contribution in [0.5, 0.6) is 0 Å². The van der Waals surface area contributed by atoms with E-state index >= 15 is 0 Å². The summed E-state index contributed by atoms with van der Waals surface area (Å²) in [4.78, 5) is 6.77. The molecule has 110 valence electrons. The van der Waals surface area contributed by atoms with Crippen molar-refractivity contribution in [2.24, 2.45) is 5.41 Å². The maximum atomic E-state index is 9.29. The maximum Gasteiger partial charge on any atom is 0.128 e. The van der Waals surface area contributed by atoms with Gasteiger partial charge in [0.15, 0.2) is 0 Å². The van der Waals surface area contributed by atoms with Crippen LogP contribution in [0.25, 0.3) is 10.9 Å². The SMILES string of the molecule is CN(C)CC(C)(C)CNc1cc(C#N)c2ccccc2n1. The number of nitrogens with zero attached hydrogens (tertiary/aromatic N) is 3. The predicted molar refractivity (Wildman–Crippen MR) is 87.3 cm³/mol. The molecular formula is C17H22N4. The number of benzene rings is 1. The zero-order valence-electron chi connectivity index (χ0n) is 13.1. The Labute approximate surface area is 126 Å². The highest BCUT2D eigenvalue weighted by atomic mass is 15.1. The number of aromatic nitrogens is 1. The van der Waals surface area contributed by atoms with E-state index < -0.39 is 0 Å². The lowest BCUT2D eigenvalue weighted by molar-refractivity contribution is 0.254. The monoisotopic (exact) mass is 282 g/mol. The van der Waals surface area contributed by atoms with Crippen LogP contribution in [-0.2, 0) is 0 Å². The van der Waals surface area contributed by atoms with E-state index in [1.54, 1.807) is 0 Å². The van der Waals surface area contributed by atoms with Gasteiger partial charge in [0.05, 0.1) is 17.1 Å². The Kier molecular flexibility index (Phi) is 4.44. The molecule has 1 heterocycles. The second-order valence-corrected chi connectivity index (χ2v) is 6.44. The number of rotatable bonds is 5. The van der Waals surface area contributed by atoms with Crippen LogP contribution in [-0.4, -0.2) is 37.1 Å². The van der Waals surface area contributed by atoms with Crippen molar-refractivity contribution in [3.8, 4) is 6.07 Å². The molecule has 2 aromatic rings. The molecule has 0 atom stereocenters. The zero-order chi connectivity index (χ0) is 15.5. The van der Waals surface area contributed by atoms with Gasteiger partial charge in [-0.2, -0.15) is 5.26 Å². The number of anilines is 1. The smallest absolute Gasteiger partial charge is 0.128 e. The fourth-order valence-corrected chi connectivity index (χ4v) is 2.60. The number of nitriles is 1. The third-order valence-electron chi connectivity index (χ3n) is 3.33. The van der Waals surface area contributed by atoms with E-state index in [4.69, 9.17) is 0 Å². The number of para-hydroxylation sites is 1. The van der Waals surface area contributed by atoms with Crippen molar-refractivity contribution in [2.45, 2.75) is 13.8 Å². The van der Waals surface area contributed by atoms with E-state index in [2.05, 4.69) is 49.2 Å². The summed E-state index contributed by atoms with van der Waals surface area (Å²) in [5, 5.41) is 13.6. The highest BCUT2D eigenvalue weighted by Gasteiger charge is 2.19. The molecule has 0 saturated heterocycles. The van der Waals surface area contributed by atoms with Gasteiger partial charge in [0.2, 0.25) is 0 Å². The first-order valence-corrected chi connectivity index (χ1v) is 7.10. The Bertz CT molecular complexity index is 668. The van der Waals surface area contributed by atoms with Crippen LogP contribution in [0.3, 0.4) is 0 Å². The molecule has 0 aliphatic carbocycles. The molecule has 1 aromatic carbocycles. The molecule has 0 aliphatic heterocycles. The summed E-state index contributed by atoms with van der Waals surface area (Å²) in [6.07, 6.45) is 0. The summed E-state index contributed by atoms with van der Waals surface area (Å²) in [5.41, 5.74) is 1.64. The Morgan fingerprint density at radius 2 is 2.00 bits per heavy atom. The summed E-state index contributed by atoms with van der Waals surface area (Å²) in [6, 6.07) is 11.8. The molecule has 0 unspecified atom stereocenters. The lowest BCUT2D eigenvalue weighted by atomic mass is 9.93. The van der Waals surface area contributed by atoms with Gasteiger partial charge in [0.25, 0.3) is 0 Å². The van der Waals surface area contributed by atoms with Gasteiger partial charge >= 0.3 is 0 Å². The molecule has 0 bridgehead atoms. The standard InChI is InChI=1S/C17H22N4/c1-17(2,12-21(3)4)11-19-16-9-13(10-18)14-7-5-6-8-15(14)20-16/h5-9H,11-12H2,1-4H3,(H,19,20). The Balaban J connectivity index is 2.22. The molecule has 0 amide bonds. The van der Waals surface area contributed by atoms with E-state index in [0.717, 1.165) is 29.8 Å². The van der Waals surface area contributed by atoms with Gasteiger partial charge in [-0.15, -0.1) is 0 Å². The number of fused-ring (bicyclic) bond motifs is 1. The minimum atomic E-state index is 0.129. The molecule has 0 saturated carbocycles. The fourth-order valence-electron chi connectivity index (χ4n) is 2.60. The first-order chi connectivity index (χ1) is 9.91. The van der Waals surface area contributed by atoms with Crippen molar-refractivity contribution in [1.82, 2.24) is 9.88 Å². The van der Waals surface area contributed by atoms with E-state index in [1.165, 1.54) is 0 Å². The molecule has 0 spiro atoms. The number of nitrogens with one attached hydrogen (secondary N) is 1. The molecule has 0 radical (unpaired) electrons. The van der Waals surface area contributed by atoms with Crippen LogP contribution in [0.2, 0.25) is 0 Å². The van der Waals surface area contributed by atoms with Crippen molar-refractivity contribution in [1.29, 1.82) is 5.26 Å². The van der Waals surface area contributed by atoms with E-state index in [-0.39, 0.29) is 5.41 Å². The topological polar surface area (TPSA) is 52.0 Å². The minimum Gasteiger partial charge on any atom is -0.369 e. The number of pyridine rings is 1. The minimum absolute atomic E-state index is 0.129. The molecule has 2 rings (SSSR count). The average molecular weight is 282 g/mol. The highest BCUT2D eigenvalue weighted by molar-refractivity contribution is 5.86. The first-order valence-electron chi connectivity index (χ1n) is 7.10. The Morgan fingerprint density at radius 3 is 2.67 bits per heavy atom. The molecule has 1 N–H and O–H groups in total. The van der Waals surface area contributed by atoms with Crippen molar-refractivity contribution in [3.05, 3.63) is 35.9 Å². The lowest BCUT2D eigenvalue weighted by Gasteiger charge is -2.28. The number of hydrogen-bond acceptors (Lipinski definition) is 4. The summed E-state index contributed by atoms with van der Waals surface area (Å²) in [6.45, 7) is 6.22. The Morgan fingerprint density at radius 1 is 1.29 bits per heavy atom. The summed E-state index contributed by atoms with van der Waals surface area (Å²) in [7, 11) is 4.15. The third-order valence-corrected chi connectivity index (χ3v) is 3.33. The average Bonchev–Trinajstić information content (AvgIpc) is 2.43. The number of hydrogen-bond donors (Lipinski definition) is 1. The second kappa shape index (κ2) is 6.11. The van der Waals surface area contributed by atoms with Crippen molar-refractivity contribution >= 4 is 16.7 Å². The maximum absolute atomic E-state index is 9.29. The fraction of sp³-hybridized carbons (Fsp3) is 0.412. The molecule has 4 nitrogen and oxygen atoms in total. The quantitative estimate of drug-likeness (QED) is 0.915. The van der Waals surface area contributed by atoms with Crippen LogP contribution in [0, 0.1) is 16.7 Å². The van der Waals surface area contributed by atoms with Crippen LogP contribution in [0.4, 0.5) is 5.82 Å². The van der Waals surface area contributed by atoms with Gasteiger partial charge in [0, 0.05) is 18.5 Å². The van der Waals surface area contributed by atoms with Crippen LogP contribution < -0.4 is 5.32 Å². The van der Waals surface area contributed by atoms with Gasteiger partial charge in [0.1, 0.15) is 5.82 Å². The summed E-state index contributed by atoms with van der Waals surface area (Å²) >= 11 is 0. The van der Waals surface area contributed by atoms with E-state index in [1.807, 2.05) is 30.3 Å². The van der Waals surface area contributed by atoms with E-state index in [9.17, 15) is 5.26 Å². The Hall–Kier alpha value is -2.12. The molecule has 4 heteroatoms. The van der Waals surface area contributed by atoms with Gasteiger partial charge in [-0.25, -0.2) is 4.98 Å². The predicted octanol–water partition coefficient (Wildman–Crippen LogP) is 3.11. The lowest BCUT2D eigenvalue weighted by Crippen LogP contribution is -2.34. The summed E-state index contributed by atoms with van der Waals surface area (Å²) in [5.74, 6) is 0.761.